The fourth-order valence-corrected chi connectivity index (χ4v) is 8.62. The van der Waals surface area contributed by atoms with E-state index in [-0.39, 0.29) is 0 Å². The van der Waals surface area contributed by atoms with Crippen LogP contribution in [-0.4, -0.2) is 295 Å². The second-order valence-corrected chi connectivity index (χ2v) is 36.6. The van der Waals surface area contributed by atoms with Gasteiger partial charge in [0.15, 0.2) is 0 Å². The molecule has 0 aliphatic heterocycles. The molecular formula is C48H102N12O44S13. The Bertz CT molecular complexity index is 4290. The molecule has 4 aromatic carbocycles. The van der Waals surface area contributed by atoms with Gasteiger partial charge in [0.05, 0.1) is 25.0 Å². The molecular weight excluding hydrogens is 1870 g/mol. The number of rotatable bonds is 24. The van der Waals surface area contributed by atoms with Gasteiger partial charge in [0.1, 0.15) is 0 Å². The van der Waals surface area contributed by atoms with Gasteiger partial charge in [0.25, 0.3) is 0 Å². The number of sulfonamides is 4. The van der Waals surface area contributed by atoms with Gasteiger partial charge in [-0.1, -0.05) is 0 Å². The molecule has 0 saturated heterocycles. The van der Waals surface area contributed by atoms with E-state index in [9.17, 15) is 33.7 Å². The number of nitrogens with zero attached hydrogens (tertiary/aromatic N) is 4. The summed E-state index contributed by atoms with van der Waals surface area (Å²) in [4.78, 5) is 8.41. The van der Waals surface area contributed by atoms with E-state index in [0.29, 0.717) is 52.4 Å². The lowest BCUT2D eigenvalue weighted by molar-refractivity contribution is 0.378. The summed E-state index contributed by atoms with van der Waals surface area (Å²) >= 11 is 0. The average molecular weight is 1970 g/mol. The highest BCUT2D eigenvalue weighted by Gasteiger charge is 2.12. The molecule has 0 unspecified atom stereocenters. The number of anilines is 8. The van der Waals surface area contributed by atoms with Crippen LogP contribution >= 0.6 is 0 Å². The van der Waals surface area contributed by atoms with Crippen LogP contribution in [-0.2, 0) is 134 Å². The first-order valence-corrected chi connectivity index (χ1v) is 50.0. The van der Waals surface area contributed by atoms with E-state index in [0.717, 1.165) is 119 Å². The van der Waals surface area contributed by atoms with Crippen molar-refractivity contribution in [2.75, 3.05) is 146 Å². The Balaban J connectivity index is -0.000000162. The zero-order valence-electron chi connectivity index (χ0n) is 63.5. The summed E-state index contributed by atoms with van der Waals surface area (Å²) in [7, 11) is -54.5. The fourth-order valence-electron chi connectivity index (χ4n) is 6.77. The lowest BCUT2D eigenvalue weighted by Gasteiger charge is -2.23. The SMILES string of the molecule is CCN(CCNS(C)(=O)=O)c1ccc(N)c(C)c1.CCN(CCNS(C)(=O)=O)c1ccc(N)c(C)c1.CCN(CCNS(C)(=O)=O)c1ccc(N)c(C)c1.CCN(CCNS(C)(=O)=O)c1ccc(N)c(C)c1.O=S(=O)(O)O.O=S(=O)(O)O.O=S(=O)(O)O.O=S(=O)(O)O.O=S(=O)(O)O.O=S(=O)(O)O.O=S(=O)(O)O.O=S(=O)(O)O.O=S(=O)(O)O. The smallest absolute Gasteiger partial charge is 0.394 e. The van der Waals surface area contributed by atoms with Gasteiger partial charge in [-0.25, -0.2) is 52.6 Å². The number of aryl methyl sites for hydroxylation is 4. The third kappa shape index (κ3) is 133. The Morgan fingerprint density at radius 2 is 0.342 bits per heavy atom. The molecule has 0 aliphatic rings. The van der Waals surface area contributed by atoms with Crippen molar-refractivity contribution >= 4 is 179 Å². The predicted octanol–water partition coefficient (Wildman–Crippen LogP) is -2.06. The number of nitrogen functional groups attached to an aromatic ring is 4. The maximum atomic E-state index is 11.0. The number of hydrogen-bond donors (Lipinski definition) is 26. The first kappa shape index (κ1) is 129. The van der Waals surface area contributed by atoms with Crippen LogP contribution in [0.15, 0.2) is 72.8 Å². The van der Waals surface area contributed by atoms with Crippen LogP contribution in [0.4, 0.5) is 45.5 Å². The highest BCUT2D eigenvalue weighted by atomic mass is 32.3. The van der Waals surface area contributed by atoms with E-state index in [1.807, 2.05) is 128 Å². The van der Waals surface area contributed by atoms with Crippen LogP contribution in [0.3, 0.4) is 0 Å². The molecule has 0 aliphatic carbocycles. The van der Waals surface area contributed by atoms with E-state index >= 15 is 0 Å². The predicted molar refractivity (Wildman–Crippen MR) is 433 cm³/mol. The van der Waals surface area contributed by atoms with Crippen molar-refractivity contribution < 1.29 is 191 Å². The molecule has 4 rings (SSSR count). The van der Waals surface area contributed by atoms with E-state index in [1.54, 1.807) is 0 Å². The second-order valence-electron chi connectivity index (χ2n) is 21.2. The van der Waals surface area contributed by atoms with Crippen LogP contribution in [0, 0.1) is 27.7 Å². The summed E-state index contributed by atoms with van der Waals surface area (Å²) < 4.78 is 382. The monoisotopic (exact) mass is 1970 g/mol. The molecule has 56 nitrogen and oxygen atoms in total. The summed E-state index contributed by atoms with van der Waals surface area (Å²) in [6, 6.07) is 23.3. The summed E-state index contributed by atoms with van der Waals surface area (Å²) in [5.41, 5.74) is 34.5. The van der Waals surface area contributed by atoms with Crippen LogP contribution in [0.25, 0.3) is 0 Å². The molecule has 0 saturated carbocycles. The number of likely N-dealkylation sites (N-methyl/N-ethyl adjacent to an activating group) is 4. The van der Waals surface area contributed by atoms with E-state index in [4.69, 9.17) is 181 Å². The van der Waals surface area contributed by atoms with Gasteiger partial charge in [-0.05, 0) is 150 Å². The summed E-state index contributed by atoms with van der Waals surface area (Å²) in [6.07, 6.45) is 4.65. The molecule has 117 heavy (non-hydrogen) atoms. The van der Waals surface area contributed by atoms with Gasteiger partial charge in [-0.2, -0.15) is 75.8 Å². The second kappa shape index (κ2) is 59.5. The quantitative estimate of drug-likeness (QED) is 0.0265. The van der Waals surface area contributed by atoms with Crippen molar-refractivity contribution in [3.8, 4) is 0 Å². The summed E-state index contributed by atoms with van der Waals surface area (Å²) in [6.45, 7) is 23.4. The standard InChI is InChI=1S/4C12H21N3O2S.9H2O4S/c4*1-4-15(8-7-14-18(3,16)17)11-5-6-12(13)10(2)9-11;9*1-5(2,3)4/h4*5-6,9,14H,4,7-8,13H2,1-3H3;9*(H2,1,2,3,4). The van der Waals surface area contributed by atoms with Crippen molar-refractivity contribution in [3.05, 3.63) is 95.1 Å². The molecule has 4 aromatic rings. The van der Waals surface area contributed by atoms with Crippen molar-refractivity contribution in [3.63, 3.8) is 0 Å². The highest BCUT2D eigenvalue weighted by molar-refractivity contribution is 7.89. The van der Waals surface area contributed by atoms with Crippen LogP contribution in [0.5, 0.6) is 0 Å². The molecule has 0 amide bonds. The zero-order chi connectivity index (χ0) is 95.5. The van der Waals surface area contributed by atoms with Gasteiger partial charge in [0, 0.05) is 124 Å². The number of nitrogens with one attached hydrogen (secondary N) is 4. The maximum Gasteiger partial charge on any atom is 0.394 e. The molecule has 696 valence electrons. The van der Waals surface area contributed by atoms with Crippen molar-refractivity contribution in [1.82, 2.24) is 18.9 Å². The largest absolute Gasteiger partial charge is 0.399 e. The Labute approximate surface area is 681 Å². The molecule has 0 atom stereocenters. The molecule has 0 heterocycles. The minimum atomic E-state index is -4.67. The fraction of sp³-hybridized carbons (Fsp3) is 0.500. The molecule has 69 heteroatoms. The molecule has 0 spiro atoms. The molecule has 0 fully saturated rings. The summed E-state index contributed by atoms with van der Waals surface area (Å²) in [5, 5.41) is 0. The van der Waals surface area contributed by atoms with Crippen LogP contribution < -0.4 is 61.4 Å². The minimum Gasteiger partial charge on any atom is -0.399 e. The third-order valence-electron chi connectivity index (χ3n) is 11.0. The van der Waals surface area contributed by atoms with Crippen molar-refractivity contribution in [2.45, 2.75) is 55.4 Å². The number of hydrogen-bond acceptors (Lipinski definition) is 34. The topological polar surface area (TPSA) is 973 Å². The Kier molecular flexibility index (Phi) is 65.5. The zero-order valence-corrected chi connectivity index (χ0v) is 74.1. The van der Waals surface area contributed by atoms with Gasteiger partial charge >= 0.3 is 93.6 Å². The molecule has 0 aromatic heterocycles. The van der Waals surface area contributed by atoms with Gasteiger partial charge in [-0.15, -0.1) is 0 Å². The van der Waals surface area contributed by atoms with E-state index < -0.39 is 134 Å². The summed E-state index contributed by atoms with van der Waals surface area (Å²) in [5.74, 6) is 0. The van der Waals surface area contributed by atoms with Gasteiger partial charge in [-0.3, -0.25) is 81.9 Å². The molecule has 30 N–H and O–H groups in total. The minimum absolute atomic E-state index is 0.399. The third-order valence-corrected chi connectivity index (χ3v) is 13.9. The van der Waals surface area contributed by atoms with Gasteiger partial charge < -0.3 is 42.5 Å². The molecule has 0 bridgehead atoms. The molecule has 0 radical (unpaired) electrons. The van der Waals surface area contributed by atoms with E-state index in [1.165, 1.54) is 0 Å². The number of nitrogens with two attached hydrogens (primary N) is 4. The van der Waals surface area contributed by atoms with Crippen LogP contribution in [0.1, 0.15) is 49.9 Å². The maximum absolute atomic E-state index is 11.0. The Hall–Kier alpha value is -6.25. The lowest BCUT2D eigenvalue weighted by Crippen LogP contribution is -2.34. The number of benzene rings is 4. The van der Waals surface area contributed by atoms with Gasteiger partial charge in [0.2, 0.25) is 40.1 Å². The van der Waals surface area contributed by atoms with Crippen LogP contribution in [0.2, 0.25) is 0 Å². The Morgan fingerprint density at radius 1 is 0.239 bits per heavy atom. The average Bonchev–Trinajstić information content (AvgIpc) is 0.877. The first-order valence-electron chi connectivity index (χ1n) is 29.8. The Morgan fingerprint density at radius 3 is 0.419 bits per heavy atom. The first-order chi connectivity index (χ1) is 51.3. The van der Waals surface area contributed by atoms with E-state index in [2.05, 4.69) is 38.5 Å². The normalized spacial score (nSPS) is 11.5. The van der Waals surface area contributed by atoms with Crippen molar-refractivity contribution in [2.24, 2.45) is 0 Å². The highest BCUT2D eigenvalue weighted by Crippen LogP contribution is 2.23. The van der Waals surface area contributed by atoms with Crippen molar-refractivity contribution in [1.29, 1.82) is 0 Å². The lowest BCUT2D eigenvalue weighted by atomic mass is 10.1.